The van der Waals surface area contributed by atoms with Crippen LogP contribution in [-0.2, 0) is 25.7 Å². The summed E-state index contributed by atoms with van der Waals surface area (Å²) in [5.74, 6) is -2.81. The van der Waals surface area contributed by atoms with Crippen LogP contribution in [0.25, 0.3) is 0 Å². The summed E-state index contributed by atoms with van der Waals surface area (Å²) < 4.78 is 4.38. The first kappa shape index (κ1) is 16.5. The zero-order valence-corrected chi connectivity index (χ0v) is 12.4. The van der Waals surface area contributed by atoms with Crippen molar-refractivity contribution >= 4 is 23.8 Å². The van der Waals surface area contributed by atoms with Crippen LogP contribution in [-0.4, -0.2) is 39.8 Å². The number of benzene rings is 1. The number of carbonyl (C=O) groups excluding carboxylic acids is 4. The predicted octanol–water partition coefficient (Wildman–Crippen LogP) is 0.0718. The van der Waals surface area contributed by atoms with E-state index in [2.05, 4.69) is 4.74 Å². The van der Waals surface area contributed by atoms with Crippen molar-refractivity contribution in [2.24, 2.45) is 5.73 Å². The third kappa shape index (κ3) is 3.47. The van der Waals surface area contributed by atoms with Gasteiger partial charge in [0.2, 0.25) is 5.91 Å². The second-order valence-corrected chi connectivity index (χ2v) is 5.16. The summed E-state index contributed by atoms with van der Waals surface area (Å²) in [5.41, 5.74) is 6.03. The molecule has 0 radical (unpaired) electrons. The third-order valence-corrected chi connectivity index (χ3v) is 3.56. The van der Waals surface area contributed by atoms with Crippen molar-refractivity contribution in [3.05, 3.63) is 29.3 Å². The highest BCUT2D eigenvalue weighted by atomic mass is 16.6. The Morgan fingerprint density at radius 3 is 2.65 bits per heavy atom. The number of phenols is 1. The lowest BCUT2D eigenvalue weighted by molar-refractivity contribution is -0.158. The molecule has 8 heteroatoms. The van der Waals surface area contributed by atoms with Crippen LogP contribution in [0.2, 0.25) is 0 Å². The Bertz CT molecular complexity index is 685. The number of esters is 2. The van der Waals surface area contributed by atoms with Gasteiger partial charge < -0.3 is 20.5 Å². The van der Waals surface area contributed by atoms with E-state index in [0.717, 1.165) is 6.92 Å². The van der Waals surface area contributed by atoms with E-state index in [1.165, 1.54) is 17.0 Å². The maximum Gasteiger partial charge on any atom is 0.313 e. The molecular weight excluding hydrogens is 304 g/mol. The summed E-state index contributed by atoms with van der Waals surface area (Å²) in [4.78, 5) is 47.3. The fraction of sp³-hybridized carbons (Fsp3) is 0.333. The second-order valence-electron chi connectivity index (χ2n) is 5.16. The molecule has 0 saturated heterocycles. The maximum atomic E-state index is 12.4. The zero-order valence-electron chi connectivity index (χ0n) is 12.4. The van der Waals surface area contributed by atoms with E-state index in [1.807, 2.05) is 0 Å². The van der Waals surface area contributed by atoms with Crippen LogP contribution in [0.4, 0.5) is 0 Å². The number of primary amides is 1. The standard InChI is InChI=1S/C15H16N2O6/c1-8(18)23-13(20)6-5-11(14(16)21)17-7-10-9(15(17)22)3-2-4-12(10)19/h2-4,11,19H,5-7H2,1H3,(H2,16,21). The molecule has 2 amide bonds. The summed E-state index contributed by atoms with van der Waals surface area (Å²) in [6.07, 6.45) is -0.304. The molecule has 1 aliphatic rings. The molecule has 1 unspecified atom stereocenters. The molecule has 1 aromatic rings. The first-order valence-corrected chi connectivity index (χ1v) is 6.93. The third-order valence-electron chi connectivity index (χ3n) is 3.56. The minimum atomic E-state index is -1.03. The van der Waals surface area contributed by atoms with Gasteiger partial charge in [0.05, 0.1) is 6.54 Å². The average Bonchev–Trinajstić information content (AvgIpc) is 2.77. The van der Waals surface area contributed by atoms with Crippen molar-refractivity contribution in [3.8, 4) is 5.75 Å². The van der Waals surface area contributed by atoms with E-state index in [9.17, 15) is 24.3 Å². The molecule has 2 rings (SSSR count). The largest absolute Gasteiger partial charge is 0.508 e. The minimum Gasteiger partial charge on any atom is -0.508 e. The topological polar surface area (TPSA) is 127 Å². The molecule has 0 spiro atoms. The van der Waals surface area contributed by atoms with Gasteiger partial charge in [-0.1, -0.05) is 6.07 Å². The lowest BCUT2D eigenvalue weighted by Crippen LogP contribution is -2.45. The molecule has 0 fully saturated rings. The van der Waals surface area contributed by atoms with Crippen molar-refractivity contribution < 1.29 is 29.0 Å². The Morgan fingerprint density at radius 2 is 2.09 bits per heavy atom. The maximum absolute atomic E-state index is 12.4. The Labute approximate surface area is 131 Å². The summed E-state index contributed by atoms with van der Waals surface area (Å²) in [6, 6.07) is 3.48. The summed E-state index contributed by atoms with van der Waals surface area (Å²) in [5, 5.41) is 9.80. The monoisotopic (exact) mass is 320 g/mol. The van der Waals surface area contributed by atoms with Crippen LogP contribution in [0, 0.1) is 0 Å². The number of amides is 2. The van der Waals surface area contributed by atoms with Gasteiger partial charge in [-0.15, -0.1) is 0 Å². The number of phenolic OH excluding ortho intramolecular Hbond substituents is 1. The van der Waals surface area contributed by atoms with E-state index in [4.69, 9.17) is 5.73 Å². The van der Waals surface area contributed by atoms with Gasteiger partial charge in [0, 0.05) is 24.5 Å². The van der Waals surface area contributed by atoms with Gasteiger partial charge in [0.1, 0.15) is 11.8 Å². The number of fused-ring (bicyclic) bond motifs is 1. The number of rotatable bonds is 5. The average molecular weight is 320 g/mol. The molecule has 8 nitrogen and oxygen atoms in total. The fourth-order valence-corrected chi connectivity index (χ4v) is 2.51. The van der Waals surface area contributed by atoms with Crippen molar-refractivity contribution in [3.63, 3.8) is 0 Å². The van der Waals surface area contributed by atoms with E-state index in [0.29, 0.717) is 11.1 Å². The first-order valence-electron chi connectivity index (χ1n) is 6.93. The molecule has 1 aliphatic heterocycles. The van der Waals surface area contributed by atoms with Gasteiger partial charge >= 0.3 is 11.9 Å². The number of hydrogen-bond donors (Lipinski definition) is 2. The Morgan fingerprint density at radius 1 is 1.39 bits per heavy atom. The second kappa shape index (κ2) is 6.47. The van der Waals surface area contributed by atoms with Gasteiger partial charge in [0.15, 0.2) is 0 Å². The molecule has 23 heavy (non-hydrogen) atoms. The lowest BCUT2D eigenvalue weighted by atomic mass is 10.1. The zero-order chi connectivity index (χ0) is 17.1. The highest BCUT2D eigenvalue weighted by Crippen LogP contribution is 2.31. The molecule has 1 aromatic carbocycles. The molecule has 3 N–H and O–H groups in total. The van der Waals surface area contributed by atoms with E-state index in [1.54, 1.807) is 6.07 Å². The number of nitrogens with zero attached hydrogens (tertiary/aromatic N) is 1. The number of carbonyl (C=O) groups is 4. The number of nitrogens with two attached hydrogens (primary N) is 1. The number of hydrogen-bond acceptors (Lipinski definition) is 6. The molecule has 0 aliphatic carbocycles. The normalized spacial score (nSPS) is 14.3. The summed E-state index contributed by atoms with van der Waals surface area (Å²) in [6.45, 7) is 1.11. The molecule has 0 bridgehead atoms. The summed E-state index contributed by atoms with van der Waals surface area (Å²) in [7, 11) is 0. The van der Waals surface area contributed by atoms with Gasteiger partial charge in [-0.3, -0.25) is 19.2 Å². The van der Waals surface area contributed by atoms with Crippen LogP contribution in [0.1, 0.15) is 35.7 Å². The van der Waals surface area contributed by atoms with Crippen LogP contribution in [0.3, 0.4) is 0 Å². The fourth-order valence-electron chi connectivity index (χ4n) is 2.51. The van der Waals surface area contributed by atoms with E-state index >= 15 is 0 Å². The Hall–Kier alpha value is -2.90. The van der Waals surface area contributed by atoms with Gasteiger partial charge in [-0.25, -0.2) is 0 Å². The van der Waals surface area contributed by atoms with Gasteiger partial charge in [-0.05, 0) is 18.6 Å². The lowest BCUT2D eigenvalue weighted by Gasteiger charge is -2.24. The van der Waals surface area contributed by atoms with Crippen molar-refractivity contribution in [2.75, 3.05) is 0 Å². The quantitative estimate of drug-likeness (QED) is 0.584. The Balaban J connectivity index is 2.13. The van der Waals surface area contributed by atoms with Crippen LogP contribution >= 0.6 is 0 Å². The van der Waals surface area contributed by atoms with Gasteiger partial charge in [0.25, 0.3) is 5.91 Å². The van der Waals surface area contributed by atoms with E-state index < -0.39 is 29.8 Å². The van der Waals surface area contributed by atoms with Crippen molar-refractivity contribution in [1.82, 2.24) is 4.90 Å². The smallest absolute Gasteiger partial charge is 0.313 e. The molecule has 1 heterocycles. The highest BCUT2D eigenvalue weighted by molar-refractivity contribution is 6.01. The molecule has 0 saturated carbocycles. The molecule has 0 aromatic heterocycles. The first-order chi connectivity index (χ1) is 10.8. The molecule has 1 atom stereocenters. The predicted molar refractivity (Wildman–Crippen MR) is 77.0 cm³/mol. The number of aromatic hydroxyl groups is 1. The minimum absolute atomic E-state index is 0.0240. The van der Waals surface area contributed by atoms with Crippen LogP contribution in [0.5, 0.6) is 5.75 Å². The Kier molecular flexibility index (Phi) is 4.63. The molecule has 122 valence electrons. The highest BCUT2D eigenvalue weighted by Gasteiger charge is 2.36. The van der Waals surface area contributed by atoms with E-state index in [-0.39, 0.29) is 25.1 Å². The van der Waals surface area contributed by atoms with Crippen molar-refractivity contribution in [1.29, 1.82) is 0 Å². The number of ether oxygens (including phenoxy) is 1. The van der Waals surface area contributed by atoms with Gasteiger partial charge in [-0.2, -0.15) is 0 Å². The summed E-state index contributed by atoms with van der Waals surface area (Å²) >= 11 is 0. The van der Waals surface area contributed by atoms with Crippen LogP contribution in [0.15, 0.2) is 18.2 Å². The van der Waals surface area contributed by atoms with Crippen molar-refractivity contribution in [2.45, 2.75) is 32.4 Å². The molecular formula is C15H16N2O6. The SMILES string of the molecule is CC(=O)OC(=O)CCC(C(N)=O)N1Cc2c(O)cccc2C1=O. The van der Waals surface area contributed by atoms with Crippen LogP contribution < -0.4 is 5.73 Å².